The van der Waals surface area contributed by atoms with E-state index in [4.69, 9.17) is 5.73 Å². The molecule has 0 rings (SSSR count). The molecule has 0 aliphatic carbocycles. The Bertz CT molecular complexity index is 105. The summed E-state index contributed by atoms with van der Waals surface area (Å²) in [4.78, 5) is 9.76. The summed E-state index contributed by atoms with van der Waals surface area (Å²) in [6, 6.07) is 0. The van der Waals surface area contributed by atoms with E-state index in [2.05, 4.69) is 11.9 Å². The minimum Gasteiger partial charge on any atom is -0.359 e. The van der Waals surface area contributed by atoms with Gasteiger partial charge in [-0.2, -0.15) is 0 Å². The number of hydrogen-bond donors (Lipinski definition) is 2. The van der Waals surface area contributed by atoms with E-state index in [1.165, 1.54) is 6.42 Å². The van der Waals surface area contributed by atoms with E-state index in [1.807, 2.05) is 6.92 Å². The van der Waals surface area contributed by atoms with Gasteiger partial charge in [-0.3, -0.25) is 4.79 Å². The van der Waals surface area contributed by atoms with E-state index in [0.717, 1.165) is 38.8 Å². The molecular formula is C10H22N2O. The van der Waals surface area contributed by atoms with Crippen LogP contribution in [0.3, 0.4) is 0 Å². The predicted molar refractivity (Wildman–Crippen MR) is 57.5 cm³/mol. The van der Waals surface area contributed by atoms with Crippen molar-refractivity contribution in [2.75, 3.05) is 13.1 Å². The second kappa shape index (κ2) is 17.3. The molecule has 1 amide bonds. The summed E-state index contributed by atoms with van der Waals surface area (Å²) < 4.78 is 0. The highest BCUT2D eigenvalue weighted by molar-refractivity contribution is 5.45. The van der Waals surface area contributed by atoms with E-state index in [0.29, 0.717) is 0 Å². The Hall–Kier alpha value is -0.830. The van der Waals surface area contributed by atoms with Crippen LogP contribution in [0.1, 0.15) is 32.6 Å². The van der Waals surface area contributed by atoms with Crippen LogP contribution in [0, 0.1) is 0 Å². The summed E-state index contributed by atoms with van der Waals surface area (Å²) >= 11 is 0. The molecular weight excluding hydrogens is 164 g/mol. The number of nitrogens with one attached hydrogen (secondary N) is 1. The van der Waals surface area contributed by atoms with Gasteiger partial charge in [-0.05, 0) is 26.3 Å². The van der Waals surface area contributed by atoms with Crippen molar-refractivity contribution in [3.05, 3.63) is 12.7 Å². The van der Waals surface area contributed by atoms with Crippen LogP contribution in [0.4, 0.5) is 0 Å². The zero-order valence-corrected chi connectivity index (χ0v) is 8.59. The third-order valence-corrected chi connectivity index (χ3v) is 1.36. The number of unbranched alkanes of at least 4 members (excludes halogenated alkanes) is 3. The molecule has 0 unspecified atom stereocenters. The van der Waals surface area contributed by atoms with Crippen LogP contribution in [0.5, 0.6) is 0 Å². The van der Waals surface area contributed by atoms with E-state index in [-0.39, 0.29) is 0 Å². The number of nitrogens with two attached hydrogens (primary N) is 1. The molecule has 0 aliphatic rings. The van der Waals surface area contributed by atoms with E-state index in [1.54, 1.807) is 6.08 Å². The molecule has 0 bridgehead atoms. The standard InChI is InChI=1S/C7H16N2O.C3H6/c8-5-3-1-2-4-6-9-7-10;1-3-2/h7H,1-6,8H2,(H,9,10);3H,1H2,2H3. The van der Waals surface area contributed by atoms with Gasteiger partial charge in [0.2, 0.25) is 6.41 Å². The van der Waals surface area contributed by atoms with Crippen LogP contribution in [-0.2, 0) is 4.79 Å². The Morgan fingerprint density at radius 3 is 2.31 bits per heavy atom. The van der Waals surface area contributed by atoms with Crippen molar-refractivity contribution < 1.29 is 4.79 Å². The molecule has 3 heteroatoms. The monoisotopic (exact) mass is 186 g/mol. The lowest BCUT2D eigenvalue weighted by atomic mass is 10.2. The number of allylic oxidation sites excluding steroid dienone is 1. The van der Waals surface area contributed by atoms with Crippen LogP contribution < -0.4 is 11.1 Å². The van der Waals surface area contributed by atoms with E-state index in [9.17, 15) is 4.79 Å². The van der Waals surface area contributed by atoms with Crippen molar-refractivity contribution in [2.24, 2.45) is 5.73 Å². The van der Waals surface area contributed by atoms with Crippen molar-refractivity contribution >= 4 is 6.41 Å². The van der Waals surface area contributed by atoms with Gasteiger partial charge < -0.3 is 11.1 Å². The Balaban J connectivity index is 0. The molecule has 3 nitrogen and oxygen atoms in total. The van der Waals surface area contributed by atoms with Crippen LogP contribution >= 0.6 is 0 Å². The van der Waals surface area contributed by atoms with Gasteiger partial charge in [0.25, 0.3) is 0 Å². The van der Waals surface area contributed by atoms with Gasteiger partial charge in [0.1, 0.15) is 0 Å². The molecule has 0 aromatic carbocycles. The van der Waals surface area contributed by atoms with Crippen LogP contribution in [0.2, 0.25) is 0 Å². The summed E-state index contributed by atoms with van der Waals surface area (Å²) in [5.74, 6) is 0. The average Bonchev–Trinajstić information content (AvgIpc) is 2.13. The predicted octanol–water partition coefficient (Wildman–Crippen LogP) is 1.44. The smallest absolute Gasteiger partial charge is 0.207 e. The zero-order valence-electron chi connectivity index (χ0n) is 8.59. The normalized spacial score (nSPS) is 8.15. The van der Waals surface area contributed by atoms with Crippen molar-refractivity contribution in [2.45, 2.75) is 32.6 Å². The summed E-state index contributed by atoms with van der Waals surface area (Å²) in [5.41, 5.74) is 5.30. The fourth-order valence-corrected chi connectivity index (χ4v) is 0.784. The first kappa shape index (κ1) is 14.7. The summed E-state index contributed by atoms with van der Waals surface area (Å²) in [6.07, 6.45) is 7.00. The van der Waals surface area contributed by atoms with Gasteiger partial charge >= 0.3 is 0 Å². The summed E-state index contributed by atoms with van der Waals surface area (Å²) in [6.45, 7) is 6.83. The molecule has 0 heterocycles. The molecule has 78 valence electrons. The average molecular weight is 186 g/mol. The quantitative estimate of drug-likeness (QED) is 0.359. The fourth-order valence-electron chi connectivity index (χ4n) is 0.784. The second-order valence-electron chi connectivity index (χ2n) is 2.68. The first-order valence-corrected chi connectivity index (χ1v) is 4.77. The second-order valence-corrected chi connectivity index (χ2v) is 2.68. The largest absolute Gasteiger partial charge is 0.359 e. The van der Waals surface area contributed by atoms with Gasteiger partial charge in [0, 0.05) is 6.54 Å². The Kier molecular flexibility index (Phi) is 19.5. The van der Waals surface area contributed by atoms with Gasteiger partial charge in [-0.15, -0.1) is 6.58 Å². The number of hydrogen-bond acceptors (Lipinski definition) is 2. The number of carbonyl (C=O) groups is 1. The molecule has 0 aromatic heterocycles. The molecule has 3 N–H and O–H groups in total. The molecule has 0 aliphatic heterocycles. The highest BCUT2D eigenvalue weighted by Gasteiger charge is 1.86. The Labute approximate surface area is 81.4 Å². The van der Waals surface area contributed by atoms with Crippen LogP contribution in [0.15, 0.2) is 12.7 Å². The van der Waals surface area contributed by atoms with Gasteiger partial charge in [-0.1, -0.05) is 18.9 Å². The van der Waals surface area contributed by atoms with Crippen LogP contribution in [0.25, 0.3) is 0 Å². The van der Waals surface area contributed by atoms with Crippen molar-refractivity contribution in [3.63, 3.8) is 0 Å². The highest BCUT2D eigenvalue weighted by atomic mass is 16.1. The highest BCUT2D eigenvalue weighted by Crippen LogP contribution is 1.96. The number of amides is 1. The fraction of sp³-hybridized carbons (Fsp3) is 0.700. The number of carbonyl (C=O) groups excluding carboxylic acids is 1. The first-order valence-electron chi connectivity index (χ1n) is 4.77. The van der Waals surface area contributed by atoms with E-state index < -0.39 is 0 Å². The molecule has 0 saturated carbocycles. The zero-order chi connectivity index (χ0) is 10.4. The molecule has 0 spiro atoms. The minimum absolute atomic E-state index is 0.739. The molecule has 0 aromatic rings. The molecule has 0 saturated heterocycles. The third kappa shape index (κ3) is 24.7. The SMILES string of the molecule is C=CC.NCCCCCCNC=O. The van der Waals surface area contributed by atoms with Crippen LogP contribution in [-0.4, -0.2) is 19.5 Å². The minimum atomic E-state index is 0.739. The van der Waals surface area contributed by atoms with Gasteiger partial charge in [0.15, 0.2) is 0 Å². The maximum atomic E-state index is 9.76. The number of rotatable bonds is 7. The third-order valence-electron chi connectivity index (χ3n) is 1.36. The molecule has 0 fully saturated rings. The maximum Gasteiger partial charge on any atom is 0.207 e. The maximum absolute atomic E-state index is 9.76. The summed E-state index contributed by atoms with van der Waals surface area (Å²) in [5, 5.41) is 2.61. The molecule has 0 atom stereocenters. The lowest BCUT2D eigenvalue weighted by molar-refractivity contribution is -0.109. The van der Waals surface area contributed by atoms with Gasteiger partial charge in [-0.25, -0.2) is 0 Å². The Morgan fingerprint density at radius 1 is 1.31 bits per heavy atom. The molecule has 13 heavy (non-hydrogen) atoms. The van der Waals surface area contributed by atoms with Crippen molar-refractivity contribution in [1.82, 2.24) is 5.32 Å². The summed E-state index contributed by atoms with van der Waals surface area (Å²) in [7, 11) is 0. The van der Waals surface area contributed by atoms with Gasteiger partial charge in [0.05, 0.1) is 0 Å². The first-order chi connectivity index (χ1) is 6.33. The van der Waals surface area contributed by atoms with Crippen molar-refractivity contribution in [1.29, 1.82) is 0 Å². The Morgan fingerprint density at radius 2 is 1.85 bits per heavy atom. The lowest BCUT2D eigenvalue weighted by Crippen LogP contribution is -2.11. The van der Waals surface area contributed by atoms with Crippen molar-refractivity contribution in [3.8, 4) is 0 Å². The molecule has 0 radical (unpaired) electrons. The van der Waals surface area contributed by atoms with E-state index >= 15 is 0 Å². The lowest BCUT2D eigenvalue weighted by Gasteiger charge is -1.97. The topological polar surface area (TPSA) is 55.1 Å².